The molecule has 4 heteroatoms. The Balaban J connectivity index is 2.06. The molecule has 2 rings (SSSR count). The number of aromatic nitrogens is 1. The minimum atomic E-state index is 0.0169. The highest BCUT2D eigenvalue weighted by molar-refractivity contribution is 5.94. The van der Waals surface area contributed by atoms with Gasteiger partial charge in [-0.2, -0.15) is 0 Å². The molecule has 2 aromatic rings. The minimum Gasteiger partial charge on any atom is -0.484 e. The van der Waals surface area contributed by atoms with Crippen LogP contribution in [0.5, 0.6) is 5.75 Å². The average molecular weight is 245 g/mol. The van der Waals surface area contributed by atoms with Gasteiger partial charge in [-0.15, -0.1) is 0 Å². The van der Waals surface area contributed by atoms with Gasteiger partial charge in [0.15, 0.2) is 12.4 Å². The highest BCUT2D eigenvalue weighted by Gasteiger charge is 2.07. The molecule has 0 amide bonds. The molecule has 0 atom stereocenters. The predicted molar refractivity (Wildman–Crippen MR) is 66.8 cm³/mol. The molecular formula is C14H15NO3. The second-order valence-corrected chi connectivity index (χ2v) is 4.12. The van der Waals surface area contributed by atoms with E-state index in [1.54, 1.807) is 24.3 Å². The highest BCUT2D eigenvalue weighted by Crippen LogP contribution is 2.16. The zero-order valence-corrected chi connectivity index (χ0v) is 10.7. The molecule has 0 saturated carbocycles. The molecule has 0 fully saturated rings. The first-order valence-corrected chi connectivity index (χ1v) is 5.73. The standard InChI is InChI=1S/C14H15NO3/c1-9-11(3)18-14(15-9)8-17-13-6-4-5-12(7-13)10(2)16/h4-7H,8H2,1-3H3. The lowest BCUT2D eigenvalue weighted by atomic mass is 10.1. The Kier molecular flexibility index (Phi) is 3.46. The molecule has 0 aliphatic rings. The summed E-state index contributed by atoms with van der Waals surface area (Å²) in [5.74, 6) is 1.99. The summed E-state index contributed by atoms with van der Waals surface area (Å²) >= 11 is 0. The first-order chi connectivity index (χ1) is 8.56. The second-order valence-electron chi connectivity index (χ2n) is 4.12. The molecule has 0 unspecified atom stereocenters. The van der Waals surface area contributed by atoms with Crippen LogP contribution in [0.2, 0.25) is 0 Å². The normalized spacial score (nSPS) is 10.4. The number of carbonyl (C=O) groups is 1. The number of ether oxygens (including phenoxy) is 1. The first-order valence-electron chi connectivity index (χ1n) is 5.73. The summed E-state index contributed by atoms with van der Waals surface area (Å²) in [7, 11) is 0. The molecule has 1 heterocycles. The summed E-state index contributed by atoms with van der Waals surface area (Å²) in [6, 6.07) is 7.06. The van der Waals surface area contributed by atoms with Gasteiger partial charge in [0.2, 0.25) is 5.89 Å². The van der Waals surface area contributed by atoms with E-state index in [2.05, 4.69) is 4.98 Å². The van der Waals surface area contributed by atoms with E-state index in [-0.39, 0.29) is 12.4 Å². The van der Waals surface area contributed by atoms with Crippen molar-refractivity contribution in [3.8, 4) is 5.75 Å². The van der Waals surface area contributed by atoms with Gasteiger partial charge in [-0.25, -0.2) is 4.98 Å². The monoisotopic (exact) mass is 245 g/mol. The second kappa shape index (κ2) is 5.04. The van der Waals surface area contributed by atoms with Crippen LogP contribution in [0.25, 0.3) is 0 Å². The van der Waals surface area contributed by atoms with Gasteiger partial charge in [0.1, 0.15) is 11.5 Å². The molecule has 1 aromatic heterocycles. The Morgan fingerprint density at radius 3 is 2.78 bits per heavy atom. The molecular weight excluding hydrogens is 230 g/mol. The summed E-state index contributed by atoms with van der Waals surface area (Å²) in [6.07, 6.45) is 0. The number of hydrogen-bond donors (Lipinski definition) is 0. The lowest BCUT2D eigenvalue weighted by molar-refractivity contribution is 0.101. The van der Waals surface area contributed by atoms with Gasteiger partial charge in [0.25, 0.3) is 0 Å². The summed E-state index contributed by atoms with van der Waals surface area (Å²) in [5, 5.41) is 0. The quantitative estimate of drug-likeness (QED) is 0.777. The van der Waals surface area contributed by atoms with Gasteiger partial charge in [-0.1, -0.05) is 12.1 Å². The van der Waals surface area contributed by atoms with Crippen LogP contribution in [0.4, 0.5) is 0 Å². The number of oxazole rings is 1. The smallest absolute Gasteiger partial charge is 0.232 e. The predicted octanol–water partition coefficient (Wildman–Crippen LogP) is 3.07. The van der Waals surface area contributed by atoms with Crippen molar-refractivity contribution in [3.05, 3.63) is 47.2 Å². The number of rotatable bonds is 4. The lowest BCUT2D eigenvalue weighted by Gasteiger charge is -2.04. The van der Waals surface area contributed by atoms with Gasteiger partial charge >= 0.3 is 0 Å². The van der Waals surface area contributed by atoms with E-state index >= 15 is 0 Å². The molecule has 0 aliphatic carbocycles. The molecule has 0 radical (unpaired) electrons. The lowest BCUT2D eigenvalue weighted by Crippen LogP contribution is -1.98. The van der Waals surface area contributed by atoms with Crippen LogP contribution in [-0.4, -0.2) is 10.8 Å². The van der Waals surface area contributed by atoms with Crippen molar-refractivity contribution in [2.45, 2.75) is 27.4 Å². The van der Waals surface area contributed by atoms with Crippen LogP contribution >= 0.6 is 0 Å². The fourth-order valence-corrected chi connectivity index (χ4v) is 1.55. The summed E-state index contributed by atoms with van der Waals surface area (Å²) in [4.78, 5) is 15.5. The molecule has 0 bridgehead atoms. The Morgan fingerprint density at radius 2 is 2.17 bits per heavy atom. The molecule has 4 nitrogen and oxygen atoms in total. The number of ketones is 1. The Hall–Kier alpha value is -2.10. The van der Waals surface area contributed by atoms with Crippen molar-refractivity contribution >= 4 is 5.78 Å². The molecule has 1 aromatic carbocycles. The van der Waals surface area contributed by atoms with Crippen molar-refractivity contribution in [2.75, 3.05) is 0 Å². The van der Waals surface area contributed by atoms with Crippen LogP contribution in [-0.2, 0) is 6.61 Å². The zero-order chi connectivity index (χ0) is 13.1. The van der Waals surface area contributed by atoms with Gasteiger partial charge in [-0.05, 0) is 32.9 Å². The van der Waals surface area contributed by atoms with Crippen LogP contribution in [0.3, 0.4) is 0 Å². The third-order valence-corrected chi connectivity index (χ3v) is 2.68. The largest absolute Gasteiger partial charge is 0.484 e. The van der Waals surface area contributed by atoms with E-state index < -0.39 is 0 Å². The third-order valence-electron chi connectivity index (χ3n) is 2.68. The van der Waals surface area contributed by atoms with Gasteiger partial charge < -0.3 is 9.15 Å². The van der Waals surface area contributed by atoms with Crippen LogP contribution in [0.1, 0.15) is 34.6 Å². The van der Waals surface area contributed by atoms with E-state index in [1.165, 1.54) is 6.92 Å². The van der Waals surface area contributed by atoms with Crippen molar-refractivity contribution in [1.82, 2.24) is 4.98 Å². The van der Waals surface area contributed by atoms with E-state index in [9.17, 15) is 4.79 Å². The Morgan fingerprint density at radius 1 is 1.39 bits per heavy atom. The van der Waals surface area contributed by atoms with E-state index in [1.807, 2.05) is 13.8 Å². The summed E-state index contributed by atoms with van der Waals surface area (Å²) in [5.41, 5.74) is 1.50. The topological polar surface area (TPSA) is 52.3 Å². The van der Waals surface area contributed by atoms with Crippen molar-refractivity contribution in [3.63, 3.8) is 0 Å². The van der Waals surface area contributed by atoms with E-state index in [0.29, 0.717) is 17.2 Å². The fourth-order valence-electron chi connectivity index (χ4n) is 1.55. The number of Topliss-reactive ketones (excluding diaryl/α,β-unsaturated/α-hetero) is 1. The number of benzene rings is 1. The number of carbonyl (C=O) groups excluding carboxylic acids is 1. The highest BCUT2D eigenvalue weighted by atomic mass is 16.5. The third kappa shape index (κ3) is 2.77. The molecule has 0 aliphatic heterocycles. The molecule has 0 N–H and O–H groups in total. The average Bonchev–Trinajstić information content (AvgIpc) is 2.67. The first kappa shape index (κ1) is 12.4. The molecule has 0 saturated heterocycles. The Bertz CT molecular complexity index is 553. The molecule has 18 heavy (non-hydrogen) atoms. The van der Waals surface area contributed by atoms with Crippen molar-refractivity contribution < 1.29 is 13.9 Å². The minimum absolute atomic E-state index is 0.0169. The Labute approximate surface area is 106 Å². The van der Waals surface area contributed by atoms with Crippen molar-refractivity contribution in [2.24, 2.45) is 0 Å². The molecule has 0 spiro atoms. The van der Waals surface area contributed by atoms with Crippen LogP contribution in [0, 0.1) is 13.8 Å². The van der Waals surface area contributed by atoms with Crippen LogP contribution in [0.15, 0.2) is 28.7 Å². The zero-order valence-electron chi connectivity index (χ0n) is 10.7. The molecule has 94 valence electrons. The maximum absolute atomic E-state index is 11.2. The van der Waals surface area contributed by atoms with E-state index in [4.69, 9.17) is 9.15 Å². The summed E-state index contributed by atoms with van der Waals surface area (Å²) in [6.45, 7) is 5.54. The van der Waals surface area contributed by atoms with Gasteiger partial charge in [0.05, 0.1) is 5.69 Å². The number of hydrogen-bond acceptors (Lipinski definition) is 4. The van der Waals surface area contributed by atoms with Gasteiger partial charge in [-0.3, -0.25) is 4.79 Å². The van der Waals surface area contributed by atoms with Gasteiger partial charge in [0, 0.05) is 5.56 Å². The maximum Gasteiger partial charge on any atom is 0.232 e. The van der Waals surface area contributed by atoms with Crippen molar-refractivity contribution in [1.29, 1.82) is 0 Å². The number of aryl methyl sites for hydroxylation is 2. The maximum atomic E-state index is 11.2. The summed E-state index contributed by atoms with van der Waals surface area (Å²) < 4.78 is 11.0. The number of nitrogens with zero attached hydrogens (tertiary/aromatic N) is 1. The fraction of sp³-hybridized carbons (Fsp3) is 0.286. The SMILES string of the molecule is CC(=O)c1cccc(OCc2nc(C)c(C)o2)c1. The van der Waals surface area contributed by atoms with E-state index in [0.717, 1.165) is 11.5 Å². The van der Waals surface area contributed by atoms with Crippen LogP contribution < -0.4 is 4.74 Å².